The minimum Gasteiger partial charge on any atom is -0.496 e. The SMILES string of the molecule is CCc1cccc(C)c1NC(=O)C(Cc1ccccc1)NS(=O)(=O)c1ccc(OC)c(C)c1. The third kappa shape index (κ3) is 6.00. The molecule has 1 unspecified atom stereocenters. The highest BCUT2D eigenvalue weighted by molar-refractivity contribution is 7.89. The molecule has 3 aromatic rings. The van der Waals surface area contributed by atoms with Crippen molar-refractivity contribution in [3.63, 3.8) is 0 Å². The van der Waals surface area contributed by atoms with E-state index in [1.807, 2.05) is 62.4 Å². The summed E-state index contributed by atoms with van der Waals surface area (Å²) in [4.78, 5) is 13.4. The first-order chi connectivity index (χ1) is 15.7. The number of hydrogen-bond acceptors (Lipinski definition) is 4. The van der Waals surface area contributed by atoms with Crippen LogP contribution in [0.1, 0.15) is 29.2 Å². The Morgan fingerprint density at radius 2 is 1.70 bits per heavy atom. The van der Waals surface area contributed by atoms with Gasteiger partial charge < -0.3 is 10.1 Å². The molecular formula is C26H30N2O4S. The first kappa shape index (κ1) is 24.5. The van der Waals surface area contributed by atoms with Gasteiger partial charge in [0, 0.05) is 5.69 Å². The molecule has 0 saturated carbocycles. The van der Waals surface area contributed by atoms with Crippen molar-refractivity contribution >= 4 is 21.6 Å². The fourth-order valence-electron chi connectivity index (χ4n) is 3.72. The lowest BCUT2D eigenvalue weighted by molar-refractivity contribution is -0.117. The zero-order valence-electron chi connectivity index (χ0n) is 19.4. The molecule has 0 bridgehead atoms. The Morgan fingerprint density at radius 1 is 0.970 bits per heavy atom. The second-order valence-corrected chi connectivity index (χ2v) is 9.66. The van der Waals surface area contributed by atoms with E-state index in [-0.39, 0.29) is 11.3 Å². The van der Waals surface area contributed by atoms with Gasteiger partial charge in [0.15, 0.2) is 0 Å². The molecule has 3 rings (SSSR count). The number of anilines is 1. The Kier molecular flexibility index (Phi) is 7.89. The van der Waals surface area contributed by atoms with E-state index in [1.165, 1.54) is 19.2 Å². The third-order valence-electron chi connectivity index (χ3n) is 5.56. The minimum atomic E-state index is -3.96. The number of carbonyl (C=O) groups is 1. The number of rotatable bonds is 9. The predicted molar refractivity (Wildman–Crippen MR) is 131 cm³/mol. The van der Waals surface area contributed by atoms with E-state index in [1.54, 1.807) is 13.0 Å². The first-order valence-corrected chi connectivity index (χ1v) is 12.3. The van der Waals surface area contributed by atoms with Crippen LogP contribution < -0.4 is 14.8 Å². The topological polar surface area (TPSA) is 84.5 Å². The van der Waals surface area contributed by atoms with Crippen LogP contribution in [0.4, 0.5) is 5.69 Å². The Bertz CT molecular complexity index is 1220. The summed E-state index contributed by atoms with van der Waals surface area (Å²) in [6.07, 6.45) is 0.964. The van der Waals surface area contributed by atoms with Crippen molar-refractivity contribution in [3.05, 3.63) is 89.0 Å². The standard InChI is InChI=1S/C26H30N2O4S/c1-5-21-13-9-10-18(2)25(21)27-26(29)23(17-20-11-7-6-8-12-20)28-33(30,31)22-14-15-24(32-4)19(3)16-22/h6-16,23,28H,5,17H2,1-4H3,(H,27,29). The lowest BCUT2D eigenvalue weighted by Gasteiger charge is -2.21. The molecule has 0 aliphatic rings. The van der Waals surface area contributed by atoms with Crippen molar-refractivity contribution in [2.24, 2.45) is 0 Å². The van der Waals surface area contributed by atoms with Crippen LogP contribution in [0.5, 0.6) is 5.75 Å². The van der Waals surface area contributed by atoms with E-state index in [0.29, 0.717) is 11.3 Å². The van der Waals surface area contributed by atoms with E-state index >= 15 is 0 Å². The van der Waals surface area contributed by atoms with E-state index in [0.717, 1.165) is 28.8 Å². The summed E-state index contributed by atoms with van der Waals surface area (Å²) in [5.74, 6) is 0.191. The quantitative estimate of drug-likeness (QED) is 0.489. The van der Waals surface area contributed by atoms with Crippen molar-refractivity contribution in [1.29, 1.82) is 0 Å². The zero-order chi connectivity index (χ0) is 24.0. The van der Waals surface area contributed by atoms with Gasteiger partial charge in [-0.05, 0) is 67.1 Å². The van der Waals surface area contributed by atoms with Gasteiger partial charge in [-0.15, -0.1) is 0 Å². The molecule has 0 spiro atoms. The number of benzene rings is 3. The van der Waals surface area contributed by atoms with E-state index < -0.39 is 22.0 Å². The largest absolute Gasteiger partial charge is 0.496 e. The molecule has 1 atom stereocenters. The van der Waals surface area contributed by atoms with Gasteiger partial charge in [0.2, 0.25) is 15.9 Å². The van der Waals surface area contributed by atoms with Crippen LogP contribution in [-0.2, 0) is 27.7 Å². The van der Waals surface area contributed by atoms with Crippen molar-refractivity contribution in [1.82, 2.24) is 4.72 Å². The Hall–Kier alpha value is -3.16. The summed E-state index contributed by atoms with van der Waals surface area (Å²) in [5.41, 5.74) is 4.19. The molecule has 0 aliphatic carbocycles. The number of nitrogens with one attached hydrogen (secondary N) is 2. The molecule has 0 fully saturated rings. The highest BCUT2D eigenvalue weighted by Crippen LogP contribution is 2.23. The second-order valence-electron chi connectivity index (χ2n) is 7.95. The van der Waals surface area contributed by atoms with Gasteiger partial charge in [0.25, 0.3) is 0 Å². The lowest BCUT2D eigenvalue weighted by Crippen LogP contribution is -2.45. The lowest BCUT2D eigenvalue weighted by atomic mass is 10.0. The molecule has 3 aromatic carbocycles. The minimum absolute atomic E-state index is 0.0804. The highest BCUT2D eigenvalue weighted by Gasteiger charge is 2.27. The summed E-state index contributed by atoms with van der Waals surface area (Å²) in [7, 11) is -2.42. The first-order valence-electron chi connectivity index (χ1n) is 10.9. The number of para-hydroxylation sites is 1. The average molecular weight is 467 g/mol. The smallest absolute Gasteiger partial charge is 0.242 e. The van der Waals surface area contributed by atoms with E-state index in [2.05, 4.69) is 10.0 Å². The Morgan fingerprint density at radius 3 is 2.33 bits per heavy atom. The summed E-state index contributed by atoms with van der Waals surface area (Å²) in [5, 5.41) is 2.97. The number of amides is 1. The van der Waals surface area contributed by atoms with Gasteiger partial charge in [0.1, 0.15) is 11.8 Å². The molecule has 0 saturated heterocycles. The molecule has 174 valence electrons. The Labute approximate surface area is 196 Å². The molecule has 7 heteroatoms. The molecule has 0 radical (unpaired) electrons. The Balaban J connectivity index is 1.93. The number of sulfonamides is 1. The average Bonchev–Trinajstić information content (AvgIpc) is 2.80. The van der Waals surface area contributed by atoms with Gasteiger partial charge in [-0.3, -0.25) is 4.79 Å². The van der Waals surface area contributed by atoms with Gasteiger partial charge >= 0.3 is 0 Å². The molecule has 2 N–H and O–H groups in total. The maximum Gasteiger partial charge on any atom is 0.242 e. The zero-order valence-corrected chi connectivity index (χ0v) is 20.2. The van der Waals surface area contributed by atoms with Crippen molar-refractivity contribution in [2.45, 2.75) is 44.6 Å². The fraction of sp³-hybridized carbons (Fsp3) is 0.269. The summed E-state index contributed by atoms with van der Waals surface area (Å²) < 4.78 is 34.2. The number of carbonyl (C=O) groups excluding carboxylic acids is 1. The molecule has 33 heavy (non-hydrogen) atoms. The summed E-state index contributed by atoms with van der Waals surface area (Å²) in [6.45, 7) is 5.71. The maximum absolute atomic E-state index is 13.4. The van der Waals surface area contributed by atoms with E-state index in [9.17, 15) is 13.2 Å². The van der Waals surface area contributed by atoms with Crippen molar-refractivity contribution in [3.8, 4) is 5.75 Å². The molecule has 6 nitrogen and oxygen atoms in total. The van der Waals surface area contributed by atoms with Crippen molar-refractivity contribution in [2.75, 3.05) is 12.4 Å². The second kappa shape index (κ2) is 10.6. The summed E-state index contributed by atoms with van der Waals surface area (Å²) in [6, 6.07) is 18.8. The van der Waals surface area contributed by atoms with Crippen LogP contribution in [-0.4, -0.2) is 27.5 Å². The molecule has 0 heterocycles. The van der Waals surface area contributed by atoms with Crippen LogP contribution in [0.3, 0.4) is 0 Å². The van der Waals surface area contributed by atoms with Crippen LogP contribution in [0.2, 0.25) is 0 Å². The number of ether oxygens (including phenoxy) is 1. The molecule has 1 amide bonds. The fourth-order valence-corrected chi connectivity index (χ4v) is 5.00. The predicted octanol–water partition coefficient (Wildman–Crippen LogP) is 4.40. The highest BCUT2D eigenvalue weighted by atomic mass is 32.2. The van der Waals surface area contributed by atoms with Gasteiger partial charge in [-0.1, -0.05) is 55.5 Å². The van der Waals surface area contributed by atoms with E-state index in [4.69, 9.17) is 4.74 Å². The van der Waals surface area contributed by atoms with Crippen LogP contribution in [0.25, 0.3) is 0 Å². The van der Waals surface area contributed by atoms with Gasteiger partial charge in [0.05, 0.1) is 12.0 Å². The maximum atomic E-state index is 13.4. The third-order valence-corrected chi connectivity index (χ3v) is 7.03. The number of methoxy groups -OCH3 is 1. The van der Waals surface area contributed by atoms with Crippen LogP contribution in [0.15, 0.2) is 71.6 Å². The molecule has 0 aliphatic heterocycles. The van der Waals surface area contributed by atoms with Gasteiger partial charge in [-0.2, -0.15) is 4.72 Å². The van der Waals surface area contributed by atoms with Gasteiger partial charge in [-0.25, -0.2) is 8.42 Å². The molecular weight excluding hydrogens is 436 g/mol. The normalized spacial score (nSPS) is 12.2. The number of hydrogen-bond donors (Lipinski definition) is 2. The monoisotopic (exact) mass is 466 g/mol. The van der Waals surface area contributed by atoms with Crippen LogP contribution in [0, 0.1) is 13.8 Å². The molecule has 0 aromatic heterocycles. The van der Waals surface area contributed by atoms with Crippen LogP contribution >= 0.6 is 0 Å². The summed E-state index contributed by atoms with van der Waals surface area (Å²) >= 11 is 0. The number of aryl methyl sites for hydroxylation is 3. The van der Waals surface area contributed by atoms with Crippen molar-refractivity contribution < 1.29 is 17.9 Å².